The van der Waals surface area contributed by atoms with Gasteiger partial charge in [-0.25, -0.2) is 4.98 Å². The minimum Gasteiger partial charge on any atom is -0.506 e. The SMILES string of the molecule is Cc1nc2c(c(C)c1O)/C(=C/c1ccccn1)C(=O)N2. The first-order valence-corrected chi connectivity index (χ1v) is 6.22. The van der Waals surface area contributed by atoms with Gasteiger partial charge in [0.2, 0.25) is 0 Å². The summed E-state index contributed by atoms with van der Waals surface area (Å²) < 4.78 is 0. The van der Waals surface area contributed by atoms with Crippen LogP contribution in [0.15, 0.2) is 24.4 Å². The molecular formula is C15H13N3O2. The van der Waals surface area contributed by atoms with Crippen molar-refractivity contribution in [1.29, 1.82) is 0 Å². The zero-order chi connectivity index (χ0) is 14.3. The number of anilines is 1. The van der Waals surface area contributed by atoms with Crippen LogP contribution in [0.1, 0.15) is 22.5 Å². The summed E-state index contributed by atoms with van der Waals surface area (Å²) in [6.45, 7) is 3.48. The Morgan fingerprint density at radius 2 is 2.10 bits per heavy atom. The minimum atomic E-state index is -0.230. The fourth-order valence-corrected chi connectivity index (χ4v) is 2.30. The number of pyridine rings is 2. The number of aromatic hydroxyl groups is 1. The van der Waals surface area contributed by atoms with Crippen molar-refractivity contribution >= 4 is 23.4 Å². The van der Waals surface area contributed by atoms with E-state index in [1.165, 1.54) is 0 Å². The van der Waals surface area contributed by atoms with Crippen molar-refractivity contribution in [3.05, 3.63) is 46.9 Å². The van der Waals surface area contributed by atoms with E-state index in [4.69, 9.17) is 0 Å². The summed E-state index contributed by atoms with van der Waals surface area (Å²) in [5, 5.41) is 12.7. The molecule has 0 unspecified atom stereocenters. The van der Waals surface area contributed by atoms with Gasteiger partial charge in [0.1, 0.15) is 11.6 Å². The van der Waals surface area contributed by atoms with Crippen molar-refractivity contribution in [2.45, 2.75) is 13.8 Å². The molecule has 0 spiro atoms. The molecule has 1 amide bonds. The van der Waals surface area contributed by atoms with Crippen LogP contribution in [0.2, 0.25) is 0 Å². The van der Waals surface area contributed by atoms with Crippen LogP contribution < -0.4 is 5.32 Å². The monoisotopic (exact) mass is 267 g/mol. The third kappa shape index (κ3) is 1.84. The highest BCUT2D eigenvalue weighted by Gasteiger charge is 2.29. The van der Waals surface area contributed by atoms with Gasteiger partial charge < -0.3 is 10.4 Å². The zero-order valence-electron chi connectivity index (χ0n) is 11.1. The Bertz CT molecular complexity index is 737. The lowest BCUT2D eigenvalue weighted by atomic mass is 10.0. The number of rotatable bonds is 1. The predicted octanol–water partition coefficient (Wildman–Crippen LogP) is 2.29. The predicted molar refractivity (Wildman–Crippen MR) is 76.1 cm³/mol. The summed E-state index contributed by atoms with van der Waals surface area (Å²) in [5.74, 6) is 0.378. The van der Waals surface area contributed by atoms with E-state index in [-0.39, 0.29) is 11.7 Å². The molecule has 100 valence electrons. The second kappa shape index (κ2) is 4.45. The van der Waals surface area contributed by atoms with E-state index in [9.17, 15) is 9.90 Å². The van der Waals surface area contributed by atoms with Crippen LogP contribution in [-0.4, -0.2) is 21.0 Å². The highest BCUT2D eigenvalue weighted by molar-refractivity contribution is 6.34. The fraction of sp³-hybridized carbons (Fsp3) is 0.133. The van der Waals surface area contributed by atoms with Crippen molar-refractivity contribution in [3.8, 4) is 5.75 Å². The second-order valence-electron chi connectivity index (χ2n) is 4.66. The summed E-state index contributed by atoms with van der Waals surface area (Å²) in [5.41, 5.74) is 2.95. The molecule has 5 nitrogen and oxygen atoms in total. The number of fused-ring (bicyclic) bond motifs is 1. The first kappa shape index (κ1) is 12.3. The zero-order valence-corrected chi connectivity index (χ0v) is 11.1. The molecule has 2 N–H and O–H groups in total. The van der Waals surface area contributed by atoms with Gasteiger partial charge in [-0.2, -0.15) is 0 Å². The third-order valence-electron chi connectivity index (χ3n) is 3.32. The number of carbonyl (C=O) groups is 1. The van der Waals surface area contributed by atoms with Crippen molar-refractivity contribution in [2.75, 3.05) is 5.32 Å². The molecule has 0 aromatic carbocycles. The third-order valence-corrected chi connectivity index (χ3v) is 3.32. The van der Waals surface area contributed by atoms with E-state index < -0.39 is 0 Å². The minimum absolute atomic E-state index is 0.118. The maximum Gasteiger partial charge on any atom is 0.257 e. The normalized spacial score (nSPS) is 15.3. The first-order chi connectivity index (χ1) is 9.58. The number of amides is 1. The fourth-order valence-electron chi connectivity index (χ4n) is 2.30. The smallest absolute Gasteiger partial charge is 0.257 e. The number of nitrogens with one attached hydrogen (secondary N) is 1. The Morgan fingerprint density at radius 1 is 1.30 bits per heavy atom. The van der Waals surface area contributed by atoms with Crippen molar-refractivity contribution in [3.63, 3.8) is 0 Å². The lowest BCUT2D eigenvalue weighted by Crippen LogP contribution is -2.04. The molecule has 5 heteroatoms. The quantitative estimate of drug-likeness (QED) is 0.777. The van der Waals surface area contributed by atoms with E-state index in [2.05, 4.69) is 15.3 Å². The maximum atomic E-state index is 12.1. The molecule has 3 rings (SSSR count). The summed E-state index contributed by atoms with van der Waals surface area (Å²) in [6.07, 6.45) is 3.36. The standard InChI is InChI=1S/C15H13N3O2/c1-8-12-11(7-10-5-3-4-6-16-10)15(20)18-14(12)17-9(2)13(8)19/h3-7,19H,1-2H3,(H,17,18,20)/b11-7-. The number of hydrogen-bond donors (Lipinski definition) is 2. The van der Waals surface area contributed by atoms with Gasteiger partial charge in [-0.3, -0.25) is 9.78 Å². The van der Waals surface area contributed by atoms with E-state index in [0.717, 1.165) is 0 Å². The summed E-state index contributed by atoms with van der Waals surface area (Å²) >= 11 is 0. The second-order valence-corrected chi connectivity index (χ2v) is 4.66. The van der Waals surface area contributed by atoms with Crippen LogP contribution in [-0.2, 0) is 4.79 Å². The molecule has 0 saturated carbocycles. The molecule has 3 heterocycles. The molecule has 1 aliphatic heterocycles. The number of nitrogens with zero attached hydrogens (tertiary/aromatic N) is 2. The molecule has 20 heavy (non-hydrogen) atoms. The molecule has 0 atom stereocenters. The number of aryl methyl sites for hydroxylation is 1. The van der Waals surface area contributed by atoms with E-state index in [0.29, 0.717) is 33.9 Å². The maximum absolute atomic E-state index is 12.1. The average molecular weight is 267 g/mol. The van der Waals surface area contributed by atoms with E-state index in [1.54, 1.807) is 26.1 Å². The highest BCUT2D eigenvalue weighted by atomic mass is 16.3. The van der Waals surface area contributed by atoms with Gasteiger partial charge in [0.15, 0.2) is 0 Å². The Labute approximate surface area is 116 Å². The summed E-state index contributed by atoms with van der Waals surface area (Å²) in [7, 11) is 0. The van der Waals surface area contributed by atoms with Crippen LogP contribution >= 0.6 is 0 Å². The van der Waals surface area contributed by atoms with Gasteiger partial charge in [0.05, 0.1) is 17.0 Å². The number of carbonyl (C=O) groups excluding carboxylic acids is 1. The largest absolute Gasteiger partial charge is 0.506 e. The molecule has 0 aliphatic carbocycles. The van der Waals surface area contributed by atoms with Crippen LogP contribution in [0, 0.1) is 13.8 Å². The van der Waals surface area contributed by atoms with Gasteiger partial charge in [-0.1, -0.05) is 6.07 Å². The van der Waals surface area contributed by atoms with Gasteiger partial charge in [-0.05, 0) is 32.1 Å². The van der Waals surface area contributed by atoms with Crippen LogP contribution in [0.3, 0.4) is 0 Å². The van der Waals surface area contributed by atoms with E-state index in [1.807, 2.05) is 18.2 Å². The van der Waals surface area contributed by atoms with Gasteiger partial charge in [0.25, 0.3) is 5.91 Å². The molecular weight excluding hydrogens is 254 g/mol. The van der Waals surface area contributed by atoms with Crippen molar-refractivity contribution in [2.24, 2.45) is 0 Å². The Balaban J connectivity index is 2.20. The molecule has 0 radical (unpaired) electrons. The molecule has 0 fully saturated rings. The van der Waals surface area contributed by atoms with Crippen molar-refractivity contribution < 1.29 is 9.90 Å². The summed E-state index contributed by atoms with van der Waals surface area (Å²) in [4.78, 5) is 20.5. The van der Waals surface area contributed by atoms with Crippen molar-refractivity contribution in [1.82, 2.24) is 9.97 Å². The van der Waals surface area contributed by atoms with Crippen LogP contribution in [0.5, 0.6) is 5.75 Å². The highest BCUT2D eigenvalue weighted by Crippen LogP contribution is 2.38. The van der Waals surface area contributed by atoms with E-state index >= 15 is 0 Å². The van der Waals surface area contributed by atoms with Crippen LogP contribution in [0.25, 0.3) is 11.6 Å². The molecule has 2 aromatic rings. The van der Waals surface area contributed by atoms with Gasteiger partial charge in [-0.15, -0.1) is 0 Å². The first-order valence-electron chi connectivity index (χ1n) is 6.22. The molecule has 0 saturated heterocycles. The average Bonchev–Trinajstić information content (AvgIpc) is 2.74. The Hall–Kier alpha value is -2.69. The summed E-state index contributed by atoms with van der Waals surface area (Å²) in [6, 6.07) is 5.48. The Morgan fingerprint density at radius 3 is 2.80 bits per heavy atom. The topological polar surface area (TPSA) is 75.1 Å². The van der Waals surface area contributed by atoms with Gasteiger partial charge in [0, 0.05) is 17.3 Å². The molecule has 2 aromatic heterocycles. The van der Waals surface area contributed by atoms with Gasteiger partial charge >= 0.3 is 0 Å². The number of hydrogen-bond acceptors (Lipinski definition) is 4. The lowest BCUT2D eigenvalue weighted by Gasteiger charge is -2.07. The Kier molecular flexibility index (Phi) is 2.75. The van der Waals surface area contributed by atoms with Crippen LogP contribution in [0.4, 0.5) is 5.82 Å². The molecule has 0 bridgehead atoms. The molecule has 1 aliphatic rings. The lowest BCUT2D eigenvalue weighted by molar-refractivity contribution is -0.110. The number of aromatic nitrogens is 2.